The van der Waals surface area contributed by atoms with Gasteiger partial charge in [-0.3, -0.25) is 10.1 Å². The number of nitrogens with zero attached hydrogens (tertiary/aromatic N) is 1. The summed E-state index contributed by atoms with van der Waals surface area (Å²) in [6.07, 6.45) is -0.648. The number of nitro benzene ring substituents is 1. The Bertz CT molecular complexity index is 638. The molecule has 2 rings (SSSR count). The number of benzene rings is 2. The number of hydrogen-bond acceptors (Lipinski definition) is 4. The molecule has 2 aromatic rings. The zero-order valence-corrected chi connectivity index (χ0v) is 11.2. The van der Waals surface area contributed by atoms with Crippen LogP contribution in [0.25, 0.3) is 0 Å². The summed E-state index contributed by atoms with van der Waals surface area (Å²) in [4.78, 5) is 10.3. The second-order valence-electron chi connectivity index (χ2n) is 4.52. The van der Waals surface area contributed by atoms with E-state index in [1.54, 1.807) is 44.2 Å². The number of aliphatic hydroxyl groups excluding tert-OH is 1. The Morgan fingerprint density at radius 3 is 2.55 bits per heavy atom. The lowest BCUT2D eigenvalue weighted by Crippen LogP contribution is -1.97. The molecule has 0 saturated heterocycles. The van der Waals surface area contributed by atoms with E-state index in [-0.39, 0.29) is 5.69 Å². The average Bonchev–Trinajstić information content (AvgIpc) is 2.38. The summed E-state index contributed by atoms with van der Waals surface area (Å²) in [7, 11) is 0. The van der Waals surface area contributed by atoms with Crippen LogP contribution in [-0.4, -0.2) is 10.0 Å². The van der Waals surface area contributed by atoms with Crippen molar-refractivity contribution in [1.82, 2.24) is 0 Å². The first kappa shape index (κ1) is 14.0. The molecule has 0 aliphatic carbocycles. The fourth-order valence-corrected chi connectivity index (χ4v) is 1.94. The van der Waals surface area contributed by atoms with E-state index in [1.165, 1.54) is 6.07 Å². The summed E-state index contributed by atoms with van der Waals surface area (Å²) >= 11 is 0. The third-order valence-corrected chi connectivity index (χ3v) is 2.96. The monoisotopic (exact) mass is 273 g/mol. The lowest BCUT2D eigenvalue weighted by molar-refractivity contribution is -0.385. The van der Waals surface area contributed by atoms with E-state index < -0.39 is 11.0 Å². The summed E-state index contributed by atoms with van der Waals surface area (Å²) in [6, 6.07) is 11.7. The highest BCUT2D eigenvalue weighted by atomic mass is 16.6. The van der Waals surface area contributed by atoms with Gasteiger partial charge in [0.05, 0.1) is 11.0 Å². The number of aliphatic hydroxyl groups is 1. The molecule has 0 radical (unpaired) electrons. The van der Waals surface area contributed by atoms with Gasteiger partial charge >= 0.3 is 0 Å². The molecule has 0 saturated carbocycles. The molecular weight excluding hydrogens is 258 g/mol. The van der Waals surface area contributed by atoms with Crippen LogP contribution in [0.3, 0.4) is 0 Å². The van der Waals surface area contributed by atoms with Gasteiger partial charge < -0.3 is 9.84 Å². The Morgan fingerprint density at radius 1 is 1.25 bits per heavy atom. The smallest absolute Gasteiger partial charge is 0.272 e. The van der Waals surface area contributed by atoms with Crippen LogP contribution in [0.2, 0.25) is 0 Å². The van der Waals surface area contributed by atoms with Crippen molar-refractivity contribution >= 4 is 5.69 Å². The molecule has 0 bridgehead atoms. The Hall–Kier alpha value is -2.40. The first-order chi connectivity index (χ1) is 9.49. The lowest BCUT2D eigenvalue weighted by atomic mass is 10.1. The van der Waals surface area contributed by atoms with Crippen LogP contribution in [0.15, 0.2) is 42.5 Å². The molecule has 0 aromatic heterocycles. The van der Waals surface area contributed by atoms with Gasteiger partial charge in [0, 0.05) is 17.2 Å². The lowest BCUT2D eigenvalue weighted by Gasteiger charge is -2.13. The van der Waals surface area contributed by atoms with Crippen molar-refractivity contribution < 1.29 is 14.8 Å². The van der Waals surface area contributed by atoms with E-state index >= 15 is 0 Å². The minimum Gasteiger partial charge on any atom is -0.457 e. The molecule has 0 fully saturated rings. The molecule has 5 heteroatoms. The van der Waals surface area contributed by atoms with E-state index in [4.69, 9.17) is 4.74 Å². The second kappa shape index (κ2) is 5.71. The van der Waals surface area contributed by atoms with Gasteiger partial charge in [-0.1, -0.05) is 18.2 Å². The van der Waals surface area contributed by atoms with Gasteiger partial charge in [0.25, 0.3) is 5.69 Å². The summed E-state index contributed by atoms with van der Waals surface area (Å²) in [5.74, 6) is 1.04. The fraction of sp³-hybridized carbons (Fsp3) is 0.200. The van der Waals surface area contributed by atoms with Crippen LogP contribution in [0.4, 0.5) is 5.69 Å². The van der Waals surface area contributed by atoms with Crippen molar-refractivity contribution in [1.29, 1.82) is 0 Å². The molecule has 1 atom stereocenters. The van der Waals surface area contributed by atoms with Crippen LogP contribution < -0.4 is 4.74 Å². The van der Waals surface area contributed by atoms with Crippen molar-refractivity contribution in [2.45, 2.75) is 20.0 Å². The van der Waals surface area contributed by atoms with E-state index in [0.29, 0.717) is 22.6 Å². The molecule has 5 nitrogen and oxygen atoms in total. The van der Waals surface area contributed by atoms with Gasteiger partial charge in [-0.15, -0.1) is 0 Å². The summed E-state index contributed by atoms with van der Waals surface area (Å²) < 4.78 is 5.70. The SMILES string of the molecule is Cc1cc(Oc2ccccc2C(C)O)ccc1[N+](=O)[O-]. The number of ether oxygens (including phenoxy) is 1. The number of hydrogen-bond donors (Lipinski definition) is 1. The predicted octanol–water partition coefficient (Wildman–Crippen LogP) is 3.75. The largest absolute Gasteiger partial charge is 0.457 e. The maximum Gasteiger partial charge on any atom is 0.272 e. The number of aryl methyl sites for hydroxylation is 1. The van der Waals surface area contributed by atoms with Crippen molar-refractivity contribution in [2.75, 3.05) is 0 Å². The highest BCUT2D eigenvalue weighted by Gasteiger charge is 2.13. The minimum atomic E-state index is -0.648. The maximum absolute atomic E-state index is 10.8. The molecule has 2 aromatic carbocycles. The topological polar surface area (TPSA) is 72.6 Å². The van der Waals surface area contributed by atoms with Crippen molar-refractivity contribution in [3.63, 3.8) is 0 Å². The van der Waals surface area contributed by atoms with E-state index in [0.717, 1.165) is 0 Å². The highest BCUT2D eigenvalue weighted by molar-refractivity contribution is 5.46. The molecule has 0 spiro atoms. The normalized spacial score (nSPS) is 11.9. The Kier molecular flexibility index (Phi) is 4.00. The molecule has 20 heavy (non-hydrogen) atoms. The molecular formula is C15H15NO4. The van der Waals surface area contributed by atoms with Gasteiger partial charge in [-0.25, -0.2) is 0 Å². The molecule has 0 amide bonds. The van der Waals surface area contributed by atoms with Crippen LogP contribution in [0.1, 0.15) is 24.2 Å². The summed E-state index contributed by atoms with van der Waals surface area (Å²) in [5.41, 5.74) is 1.26. The average molecular weight is 273 g/mol. The molecule has 1 unspecified atom stereocenters. The van der Waals surface area contributed by atoms with Crippen molar-refractivity contribution in [3.05, 3.63) is 63.7 Å². The minimum absolute atomic E-state index is 0.0566. The van der Waals surface area contributed by atoms with E-state index in [9.17, 15) is 15.2 Å². The predicted molar refractivity (Wildman–Crippen MR) is 75.0 cm³/mol. The van der Waals surface area contributed by atoms with Gasteiger partial charge in [0.2, 0.25) is 0 Å². The van der Waals surface area contributed by atoms with Gasteiger partial charge in [-0.2, -0.15) is 0 Å². The van der Waals surface area contributed by atoms with Crippen LogP contribution in [-0.2, 0) is 0 Å². The van der Waals surface area contributed by atoms with Crippen LogP contribution in [0, 0.1) is 17.0 Å². The Labute approximate surface area is 116 Å². The molecule has 0 aliphatic heterocycles. The van der Waals surface area contributed by atoms with Crippen LogP contribution in [0.5, 0.6) is 11.5 Å². The van der Waals surface area contributed by atoms with Gasteiger partial charge in [0.15, 0.2) is 0 Å². The molecule has 0 heterocycles. The quantitative estimate of drug-likeness (QED) is 0.680. The standard InChI is InChI=1S/C15H15NO4/c1-10-9-12(7-8-14(10)16(18)19)20-15-6-4-3-5-13(15)11(2)17/h3-9,11,17H,1-2H3. The van der Waals surface area contributed by atoms with Crippen molar-refractivity contribution in [3.8, 4) is 11.5 Å². The van der Waals surface area contributed by atoms with E-state index in [1.807, 2.05) is 6.07 Å². The molecule has 104 valence electrons. The second-order valence-corrected chi connectivity index (χ2v) is 4.52. The zero-order chi connectivity index (χ0) is 14.7. The van der Waals surface area contributed by atoms with Gasteiger partial charge in [-0.05, 0) is 32.0 Å². The maximum atomic E-state index is 10.8. The Morgan fingerprint density at radius 2 is 1.95 bits per heavy atom. The summed E-state index contributed by atoms with van der Waals surface area (Å²) in [6.45, 7) is 3.31. The zero-order valence-electron chi connectivity index (χ0n) is 11.2. The first-order valence-corrected chi connectivity index (χ1v) is 6.19. The third kappa shape index (κ3) is 2.95. The fourth-order valence-electron chi connectivity index (χ4n) is 1.94. The van der Waals surface area contributed by atoms with E-state index in [2.05, 4.69) is 0 Å². The third-order valence-electron chi connectivity index (χ3n) is 2.96. The van der Waals surface area contributed by atoms with Gasteiger partial charge in [0.1, 0.15) is 11.5 Å². The number of rotatable bonds is 4. The van der Waals surface area contributed by atoms with Crippen LogP contribution >= 0.6 is 0 Å². The molecule has 1 N–H and O–H groups in total. The number of para-hydroxylation sites is 1. The highest BCUT2D eigenvalue weighted by Crippen LogP contribution is 2.31. The molecule has 0 aliphatic rings. The first-order valence-electron chi connectivity index (χ1n) is 6.19. The number of nitro groups is 1. The summed E-state index contributed by atoms with van der Waals surface area (Å²) in [5, 5.41) is 20.5. The Balaban J connectivity index is 2.31. The van der Waals surface area contributed by atoms with Crippen molar-refractivity contribution in [2.24, 2.45) is 0 Å².